The van der Waals surface area contributed by atoms with E-state index in [1.54, 1.807) is 30.3 Å². The summed E-state index contributed by atoms with van der Waals surface area (Å²) in [5.74, 6) is 0.226. The highest BCUT2D eigenvalue weighted by molar-refractivity contribution is 7.92. The maximum atomic E-state index is 12.9. The second kappa shape index (κ2) is 8.67. The van der Waals surface area contributed by atoms with Gasteiger partial charge in [-0.25, -0.2) is 8.42 Å². The largest absolute Gasteiger partial charge is 0.495 e. The summed E-state index contributed by atoms with van der Waals surface area (Å²) in [6.45, 7) is 0. The van der Waals surface area contributed by atoms with Crippen molar-refractivity contribution in [1.82, 2.24) is 0 Å². The highest BCUT2D eigenvalue weighted by Crippen LogP contribution is 2.31. The van der Waals surface area contributed by atoms with E-state index in [-0.39, 0.29) is 33.2 Å². The fourth-order valence-electron chi connectivity index (χ4n) is 3.02. The molecule has 1 amide bonds. The average molecular weight is 421 g/mol. The Labute approximate surface area is 169 Å². The van der Waals surface area contributed by atoms with Gasteiger partial charge in [0.05, 0.1) is 17.8 Å². The fourth-order valence-corrected chi connectivity index (χ4v) is 4.54. The molecule has 0 aromatic heterocycles. The average Bonchev–Trinajstić information content (AvgIpc) is 3.16. The Kier molecular flexibility index (Phi) is 6.26. The molecule has 1 atom stereocenters. The number of carbonyl (C=O) groups excluding carboxylic acids is 1. The number of para-hydroxylation sites is 1. The first kappa shape index (κ1) is 20.2. The first-order valence-electron chi connectivity index (χ1n) is 8.81. The number of hydrogen-bond donors (Lipinski definition) is 2. The molecule has 6 nitrogen and oxygen atoms in total. The number of halogens is 1. The van der Waals surface area contributed by atoms with Gasteiger partial charge in [-0.1, -0.05) is 35.9 Å². The molecule has 1 aliphatic carbocycles. The predicted molar refractivity (Wildman–Crippen MR) is 110 cm³/mol. The first-order valence-corrected chi connectivity index (χ1v) is 10.7. The minimum absolute atomic E-state index is 0.0894. The Bertz CT molecular complexity index is 1010. The number of rotatable bonds is 7. The maximum absolute atomic E-state index is 12.9. The summed E-state index contributed by atoms with van der Waals surface area (Å²) < 4.78 is 33.4. The van der Waals surface area contributed by atoms with Crippen LogP contribution in [0.15, 0.2) is 59.5 Å². The molecule has 0 fully saturated rings. The number of sulfonamides is 1. The van der Waals surface area contributed by atoms with Crippen molar-refractivity contribution in [2.45, 2.75) is 24.2 Å². The lowest BCUT2D eigenvalue weighted by molar-refractivity contribution is -0.116. The molecular weight excluding hydrogens is 400 g/mol. The molecule has 148 valence electrons. The van der Waals surface area contributed by atoms with Gasteiger partial charge in [0.2, 0.25) is 5.91 Å². The number of hydrogen-bond acceptors (Lipinski definition) is 4. The number of carbonyl (C=O) groups is 1. The van der Waals surface area contributed by atoms with Gasteiger partial charge in [0.1, 0.15) is 10.6 Å². The molecule has 0 saturated carbocycles. The summed E-state index contributed by atoms with van der Waals surface area (Å²) in [5, 5.41) is 3.04. The number of ether oxygens (including phenoxy) is 1. The topological polar surface area (TPSA) is 84.5 Å². The zero-order valence-corrected chi connectivity index (χ0v) is 16.9. The SMILES string of the molecule is COc1ccc(NC(=O)CC2C=CCC2)cc1S(=O)(=O)Nc1ccccc1Cl. The van der Waals surface area contributed by atoms with Crippen molar-refractivity contribution in [3.63, 3.8) is 0 Å². The molecule has 0 heterocycles. The van der Waals surface area contributed by atoms with Crippen LogP contribution in [0.1, 0.15) is 19.3 Å². The molecule has 0 aliphatic heterocycles. The number of amides is 1. The molecule has 28 heavy (non-hydrogen) atoms. The molecule has 2 aromatic rings. The molecule has 1 unspecified atom stereocenters. The molecule has 0 radical (unpaired) electrons. The van der Waals surface area contributed by atoms with Crippen molar-refractivity contribution < 1.29 is 17.9 Å². The van der Waals surface area contributed by atoms with Crippen LogP contribution in [0.4, 0.5) is 11.4 Å². The quantitative estimate of drug-likeness (QED) is 0.648. The molecule has 8 heteroatoms. The van der Waals surface area contributed by atoms with E-state index in [9.17, 15) is 13.2 Å². The zero-order chi connectivity index (χ0) is 20.1. The standard InChI is InChI=1S/C20H21ClN2O4S/c1-27-18-11-10-15(22-20(24)12-14-6-2-3-7-14)13-19(18)28(25,26)23-17-9-5-4-8-16(17)21/h2,4-6,8-11,13-14,23H,3,7,12H2,1H3,(H,22,24). The molecule has 3 rings (SSSR count). The Morgan fingerprint density at radius 3 is 2.71 bits per heavy atom. The van der Waals surface area contributed by atoms with Crippen LogP contribution in [-0.4, -0.2) is 21.4 Å². The fraction of sp³-hybridized carbons (Fsp3) is 0.250. The second-order valence-electron chi connectivity index (χ2n) is 6.47. The number of methoxy groups -OCH3 is 1. The molecule has 0 bridgehead atoms. The van der Waals surface area contributed by atoms with Gasteiger partial charge in [0, 0.05) is 12.1 Å². The van der Waals surface area contributed by atoms with Crippen molar-refractivity contribution in [1.29, 1.82) is 0 Å². The first-order chi connectivity index (χ1) is 13.4. The van der Waals surface area contributed by atoms with Gasteiger partial charge in [-0.2, -0.15) is 0 Å². The van der Waals surface area contributed by atoms with E-state index in [0.717, 1.165) is 12.8 Å². The zero-order valence-electron chi connectivity index (χ0n) is 15.3. The van der Waals surface area contributed by atoms with Crippen molar-refractivity contribution >= 4 is 38.9 Å². The van der Waals surface area contributed by atoms with Crippen molar-refractivity contribution in [2.24, 2.45) is 5.92 Å². The summed E-state index contributed by atoms with van der Waals surface area (Å²) in [5.41, 5.74) is 0.640. The Balaban J connectivity index is 1.83. The van der Waals surface area contributed by atoms with E-state index >= 15 is 0 Å². The lowest BCUT2D eigenvalue weighted by Gasteiger charge is -2.15. The van der Waals surface area contributed by atoms with E-state index in [2.05, 4.69) is 16.1 Å². The summed E-state index contributed by atoms with van der Waals surface area (Å²) in [6.07, 6.45) is 6.41. The van der Waals surface area contributed by atoms with Gasteiger partial charge < -0.3 is 10.1 Å². The Hall–Kier alpha value is -2.51. The van der Waals surface area contributed by atoms with Gasteiger partial charge in [-0.05, 0) is 49.1 Å². The highest BCUT2D eigenvalue weighted by atomic mass is 35.5. The van der Waals surface area contributed by atoms with Gasteiger partial charge >= 0.3 is 0 Å². The predicted octanol–water partition coefficient (Wildman–Crippen LogP) is 4.44. The van der Waals surface area contributed by atoms with Crippen LogP contribution in [-0.2, 0) is 14.8 Å². The Morgan fingerprint density at radius 2 is 2.04 bits per heavy atom. The summed E-state index contributed by atoms with van der Waals surface area (Å²) in [7, 11) is -2.60. The minimum atomic E-state index is -3.98. The lowest BCUT2D eigenvalue weighted by Crippen LogP contribution is -2.17. The monoisotopic (exact) mass is 420 g/mol. The highest BCUT2D eigenvalue weighted by Gasteiger charge is 2.22. The van der Waals surface area contributed by atoms with E-state index < -0.39 is 10.0 Å². The number of allylic oxidation sites excluding steroid dienone is 2. The summed E-state index contributed by atoms with van der Waals surface area (Å²) in [6, 6.07) is 11.0. The molecule has 0 saturated heterocycles. The van der Waals surface area contributed by atoms with Crippen LogP contribution in [0.5, 0.6) is 5.75 Å². The molecular formula is C20H21ClN2O4S. The number of nitrogens with one attached hydrogen (secondary N) is 2. The van der Waals surface area contributed by atoms with Crippen molar-refractivity contribution in [3.8, 4) is 5.75 Å². The smallest absolute Gasteiger partial charge is 0.265 e. The van der Waals surface area contributed by atoms with Gasteiger partial charge in [-0.15, -0.1) is 0 Å². The third-order valence-electron chi connectivity index (χ3n) is 4.42. The molecule has 0 spiro atoms. The van der Waals surface area contributed by atoms with Crippen LogP contribution >= 0.6 is 11.6 Å². The summed E-state index contributed by atoms with van der Waals surface area (Å²) >= 11 is 6.05. The molecule has 2 N–H and O–H groups in total. The van der Waals surface area contributed by atoms with Crippen molar-refractivity contribution in [2.75, 3.05) is 17.1 Å². The van der Waals surface area contributed by atoms with Crippen molar-refractivity contribution in [3.05, 3.63) is 59.6 Å². The van der Waals surface area contributed by atoms with Crippen LogP contribution < -0.4 is 14.8 Å². The van der Waals surface area contributed by atoms with Gasteiger partial charge in [0.25, 0.3) is 10.0 Å². The van der Waals surface area contributed by atoms with Crippen LogP contribution in [0.25, 0.3) is 0 Å². The van der Waals surface area contributed by atoms with Crippen LogP contribution in [0, 0.1) is 5.92 Å². The second-order valence-corrected chi connectivity index (χ2v) is 8.53. The third-order valence-corrected chi connectivity index (χ3v) is 6.13. The third kappa shape index (κ3) is 4.85. The molecule has 1 aliphatic rings. The maximum Gasteiger partial charge on any atom is 0.265 e. The van der Waals surface area contributed by atoms with Crippen LogP contribution in [0.2, 0.25) is 5.02 Å². The Morgan fingerprint density at radius 1 is 1.25 bits per heavy atom. The lowest BCUT2D eigenvalue weighted by atomic mass is 10.1. The molecule has 2 aromatic carbocycles. The van der Waals surface area contributed by atoms with Gasteiger partial charge in [0.15, 0.2) is 0 Å². The van der Waals surface area contributed by atoms with Crippen LogP contribution in [0.3, 0.4) is 0 Å². The minimum Gasteiger partial charge on any atom is -0.495 e. The van der Waals surface area contributed by atoms with E-state index in [0.29, 0.717) is 12.1 Å². The summed E-state index contributed by atoms with van der Waals surface area (Å²) in [4.78, 5) is 12.2. The normalized spacial score (nSPS) is 16.0. The van der Waals surface area contributed by atoms with E-state index in [4.69, 9.17) is 16.3 Å². The number of benzene rings is 2. The van der Waals surface area contributed by atoms with Gasteiger partial charge in [-0.3, -0.25) is 9.52 Å². The van der Waals surface area contributed by atoms with E-state index in [1.165, 1.54) is 19.2 Å². The van der Waals surface area contributed by atoms with E-state index in [1.807, 2.05) is 6.08 Å². The number of anilines is 2.